The Balaban J connectivity index is 2.15. The van der Waals surface area contributed by atoms with Crippen molar-refractivity contribution in [2.45, 2.75) is 38.0 Å². The molecule has 4 nitrogen and oxygen atoms in total. The molecule has 0 radical (unpaired) electrons. The third-order valence-electron chi connectivity index (χ3n) is 2.98. The molecule has 0 atom stereocenters. The quantitative estimate of drug-likeness (QED) is 0.666. The lowest BCUT2D eigenvalue weighted by molar-refractivity contribution is 0.409. The fourth-order valence-corrected chi connectivity index (χ4v) is 1.95. The normalized spacial score (nSPS) is 16.9. The standard InChI is InChI=1S/C10H17N3O/c11-6-2-5-8-9(7-3-1-4-7)13-10(14)12-8/h7H,1-6,11H2,(H2,12,13,14). The SMILES string of the molecule is NCCCc1[nH]c(=O)[nH]c1C1CCC1. The van der Waals surface area contributed by atoms with E-state index >= 15 is 0 Å². The summed E-state index contributed by atoms with van der Waals surface area (Å²) in [7, 11) is 0. The number of nitrogens with two attached hydrogens (primary N) is 1. The van der Waals surface area contributed by atoms with E-state index in [4.69, 9.17) is 5.73 Å². The van der Waals surface area contributed by atoms with Crippen LogP contribution in [0.5, 0.6) is 0 Å². The molecule has 0 aromatic carbocycles. The Bertz CT molecular complexity index is 348. The van der Waals surface area contributed by atoms with E-state index in [1.54, 1.807) is 0 Å². The van der Waals surface area contributed by atoms with Gasteiger partial charge in [-0.15, -0.1) is 0 Å². The summed E-state index contributed by atoms with van der Waals surface area (Å²) in [5.74, 6) is 0.585. The Morgan fingerprint density at radius 2 is 2.14 bits per heavy atom. The molecule has 4 N–H and O–H groups in total. The van der Waals surface area contributed by atoms with E-state index < -0.39 is 0 Å². The molecule has 0 aliphatic heterocycles. The van der Waals surface area contributed by atoms with Crippen molar-refractivity contribution in [1.29, 1.82) is 0 Å². The van der Waals surface area contributed by atoms with Gasteiger partial charge in [0.1, 0.15) is 0 Å². The zero-order valence-electron chi connectivity index (χ0n) is 8.31. The molecule has 1 heterocycles. The van der Waals surface area contributed by atoms with E-state index in [-0.39, 0.29) is 5.69 Å². The molecule has 0 amide bonds. The van der Waals surface area contributed by atoms with Gasteiger partial charge in [-0.25, -0.2) is 4.79 Å². The fourth-order valence-electron chi connectivity index (χ4n) is 1.95. The summed E-state index contributed by atoms with van der Waals surface area (Å²) in [6, 6.07) is 0. The number of nitrogens with one attached hydrogen (secondary N) is 2. The number of hydrogen-bond donors (Lipinski definition) is 3. The topological polar surface area (TPSA) is 74.7 Å². The lowest BCUT2D eigenvalue weighted by Gasteiger charge is -2.25. The average molecular weight is 195 g/mol. The van der Waals surface area contributed by atoms with Gasteiger partial charge in [0, 0.05) is 17.3 Å². The number of hydrogen-bond acceptors (Lipinski definition) is 2. The molecule has 0 spiro atoms. The van der Waals surface area contributed by atoms with Crippen LogP contribution >= 0.6 is 0 Å². The molecule has 0 unspecified atom stereocenters. The summed E-state index contributed by atoms with van der Waals surface area (Å²) in [5.41, 5.74) is 7.59. The molecule has 1 saturated carbocycles. The van der Waals surface area contributed by atoms with Gasteiger partial charge in [-0.2, -0.15) is 0 Å². The lowest BCUT2D eigenvalue weighted by Crippen LogP contribution is -2.12. The molecule has 0 saturated heterocycles. The average Bonchev–Trinajstić information content (AvgIpc) is 2.40. The van der Waals surface area contributed by atoms with Gasteiger partial charge in [-0.05, 0) is 32.2 Å². The predicted octanol–water partition coefficient (Wildman–Crippen LogP) is 0.862. The molecule has 1 fully saturated rings. The van der Waals surface area contributed by atoms with Gasteiger partial charge < -0.3 is 15.7 Å². The van der Waals surface area contributed by atoms with Crippen LogP contribution in [-0.4, -0.2) is 16.5 Å². The largest absolute Gasteiger partial charge is 0.330 e. The Kier molecular flexibility index (Phi) is 2.72. The van der Waals surface area contributed by atoms with E-state index in [1.165, 1.54) is 19.3 Å². The number of aromatic nitrogens is 2. The van der Waals surface area contributed by atoms with E-state index in [0.29, 0.717) is 12.5 Å². The van der Waals surface area contributed by atoms with Gasteiger partial charge in [0.05, 0.1) is 0 Å². The van der Waals surface area contributed by atoms with E-state index in [1.807, 2.05) is 0 Å². The number of rotatable bonds is 4. The maximum atomic E-state index is 11.2. The van der Waals surface area contributed by atoms with Gasteiger partial charge in [-0.3, -0.25) is 0 Å². The monoisotopic (exact) mass is 195 g/mol. The number of aromatic amines is 2. The summed E-state index contributed by atoms with van der Waals surface area (Å²) in [6.07, 6.45) is 5.54. The van der Waals surface area contributed by atoms with Gasteiger partial charge >= 0.3 is 5.69 Å². The first-order valence-electron chi connectivity index (χ1n) is 5.32. The van der Waals surface area contributed by atoms with Crippen LogP contribution in [0, 0.1) is 0 Å². The molecule has 1 aliphatic rings. The van der Waals surface area contributed by atoms with E-state index in [9.17, 15) is 4.79 Å². The van der Waals surface area contributed by atoms with Crippen molar-refractivity contribution in [1.82, 2.24) is 9.97 Å². The lowest BCUT2D eigenvalue weighted by atomic mass is 9.82. The van der Waals surface area contributed by atoms with Crippen molar-refractivity contribution in [2.24, 2.45) is 5.73 Å². The maximum absolute atomic E-state index is 11.2. The van der Waals surface area contributed by atoms with Crippen LogP contribution in [0.15, 0.2) is 4.79 Å². The highest BCUT2D eigenvalue weighted by molar-refractivity contribution is 5.18. The first-order chi connectivity index (χ1) is 6.81. The second-order valence-electron chi connectivity index (χ2n) is 3.99. The highest BCUT2D eigenvalue weighted by atomic mass is 16.1. The molecule has 1 aliphatic carbocycles. The Labute approximate surface area is 82.9 Å². The van der Waals surface area contributed by atoms with Crippen molar-refractivity contribution in [3.8, 4) is 0 Å². The highest BCUT2D eigenvalue weighted by Crippen LogP contribution is 2.36. The number of imidazole rings is 1. The third kappa shape index (κ3) is 1.75. The number of aryl methyl sites for hydroxylation is 1. The smallest absolute Gasteiger partial charge is 0.323 e. The molecule has 1 aromatic heterocycles. The Morgan fingerprint density at radius 3 is 2.71 bits per heavy atom. The van der Waals surface area contributed by atoms with Crippen molar-refractivity contribution >= 4 is 0 Å². The van der Waals surface area contributed by atoms with Crippen LogP contribution in [-0.2, 0) is 6.42 Å². The summed E-state index contributed by atoms with van der Waals surface area (Å²) in [6.45, 7) is 0.678. The zero-order chi connectivity index (χ0) is 9.97. The summed E-state index contributed by atoms with van der Waals surface area (Å²) < 4.78 is 0. The molecule has 0 bridgehead atoms. The van der Waals surface area contributed by atoms with Crippen LogP contribution in [0.25, 0.3) is 0 Å². The molecule has 78 valence electrons. The van der Waals surface area contributed by atoms with Gasteiger partial charge in [0.15, 0.2) is 0 Å². The molecular formula is C10H17N3O. The molecule has 4 heteroatoms. The van der Waals surface area contributed by atoms with Crippen LogP contribution in [0.3, 0.4) is 0 Å². The second kappa shape index (κ2) is 4.00. The van der Waals surface area contributed by atoms with Gasteiger partial charge in [-0.1, -0.05) is 6.42 Å². The molecule has 1 aromatic rings. The van der Waals surface area contributed by atoms with Gasteiger partial charge in [0.2, 0.25) is 0 Å². The third-order valence-corrected chi connectivity index (χ3v) is 2.98. The summed E-state index contributed by atoms with van der Waals surface area (Å²) >= 11 is 0. The maximum Gasteiger partial charge on any atom is 0.323 e. The van der Waals surface area contributed by atoms with Crippen molar-refractivity contribution in [2.75, 3.05) is 6.54 Å². The van der Waals surface area contributed by atoms with Crippen LogP contribution in [0.1, 0.15) is 43.0 Å². The molecular weight excluding hydrogens is 178 g/mol. The minimum atomic E-state index is -0.0704. The number of H-pyrrole nitrogens is 2. The highest BCUT2D eigenvalue weighted by Gasteiger charge is 2.23. The predicted molar refractivity (Wildman–Crippen MR) is 55.4 cm³/mol. The van der Waals surface area contributed by atoms with Crippen LogP contribution in [0.4, 0.5) is 0 Å². The van der Waals surface area contributed by atoms with Crippen molar-refractivity contribution in [3.05, 3.63) is 21.9 Å². The van der Waals surface area contributed by atoms with Crippen LogP contribution < -0.4 is 11.4 Å². The molecule has 2 rings (SSSR count). The Morgan fingerprint density at radius 1 is 1.36 bits per heavy atom. The second-order valence-corrected chi connectivity index (χ2v) is 3.99. The first-order valence-corrected chi connectivity index (χ1v) is 5.32. The first kappa shape index (κ1) is 9.52. The fraction of sp³-hybridized carbons (Fsp3) is 0.700. The minimum absolute atomic E-state index is 0.0704. The van der Waals surface area contributed by atoms with E-state index in [0.717, 1.165) is 24.2 Å². The van der Waals surface area contributed by atoms with Crippen LogP contribution in [0.2, 0.25) is 0 Å². The van der Waals surface area contributed by atoms with Crippen molar-refractivity contribution in [3.63, 3.8) is 0 Å². The minimum Gasteiger partial charge on any atom is -0.330 e. The summed E-state index contributed by atoms with van der Waals surface area (Å²) in [5, 5.41) is 0. The van der Waals surface area contributed by atoms with Gasteiger partial charge in [0.25, 0.3) is 0 Å². The Hall–Kier alpha value is -1.03. The van der Waals surface area contributed by atoms with Crippen molar-refractivity contribution < 1.29 is 0 Å². The van der Waals surface area contributed by atoms with E-state index in [2.05, 4.69) is 9.97 Å². The zero-order valence-corrected chi connectivity index (χ0v) is 8.31. The molecule has 14 heavy (non-hydrogen) atoms. The summed E-state index contributed by atoms with van der Waals surface area (Å²) in [4.78, 5) is 16.9.